The Morgan fingerprint density at radius 1 is 1.44 bits per heavy atom. The zero-order valence-electron chi connectivity index (χ0n) is 11.1. The SMILES string of the molecule is CC(C)c1csc(NC(=O)C(C(N)=S)C(C)C)n1. The second-order valence-electron chi connectivity index (χ2n) is 4.85. The van der Waals surface area contributed by atoms with Gasteiger partial charge in [-0.3, -0.25) is 4.79 Å². The Balaban J connectivity index is 2.76. The normalized spacial score (nSPS) is 12.8. The van der Waals surface area contributed by atoms with Crippen molar-refractivity contribution in [3.63, 3.8) is 0 Å². The molecule has 0 fully saturated rings. The lowest BCUT2D eigenvalue weighted by Gasteiger charge is -2.17. The van der Waals surface area contributed by atoms with Crippen LogP contribution in [0.5, 0.6) is 0 Å². The number of anilines is 1. The number of thiazole rings is 1. The highest BCUT2D eigenvalue weighted by molar-refractivity contribution is 7.80. The van der Waals surface area contributed by atoms with Crippen molar-refractivity contribution in [2.75, 3.05) is 5.32 Å². The number of amides is 1. The van der Waals surface area contributed by atoms with Gasteiger partial charge in [-0.2, -0.15) is 0 Å². The number of carbonyl (C=O) groups is 1. The van der Waals surface area contributed by atoms with Gasteiger partial charge in [0.15, 0.2) is 5.13 Å². The van der Waals surface area contributed by atoms with Crippen molar-refractivity contribution in [3.8, 4) is 0 Å². The minimum absolute atomic E-state index is 0.0760. The summed E-state index contributed by atoms with van der Waals surface area (Å²) in [6, 6.07) is 0. The number of aromatic nitrogens is 1. The molecule has 1 amide bonds. The Morgan fingerprint density at radius 3 is 2.44 bits per heavy atom. The monoisotopic (exact) mass is 285 g/mol. The largest absolute Gasteiger partial charge is 0.393 e. The summed E-state index contributed by atoms with van der Waals surface area (Å²) >= 11 is 6.35. The van der Waals surface area contributed by atoms with Crippen molar-refractivity contribution >= 4 is 39.6 Å². The summed E-state index contributed by atoms with van der Waals surface area (Å²) in [5.74, 6) is -0.205. The van der Waals surface area contributed by atoms with Crippen molar-refractivity contribution in [1.82, 2.24) is 4.98 Å². The zero-order chi connectivity index (χ0) is 13.9. The molecule has 0 saturated heterocycles. The molecular weight excluding hydrogens is 266 g/mol. The van der Waals surface area contributed by atoms with E-state index in [9.17, 15) is 4.79 Å². The summed E-state index contributed by atoms with van der Waals surface area (Å²) in [6.45, 7) is 7.97. The third kappa shape index (κ3) is 3.74. The van der Waals surface area contributed by atoms with E-state index in [0.29, 0.717) is 11.0 Å². The van der Waals surface area contributed by atoms with Crippen LogP contribution in [-0.4, -0.2) is 15.9 Å². The van der Waals surface area contributed by atoms with Crippen LogP contribution in [0.3, 0.4) is 0 Å². The topological polar surface area (TPSA) is 68.0 Å². The third-order valence-electron chi connectivity index (χ3n) is 2.60. The van der Waals surface area contributed by atoms with Gasteiger partial charge in [0.05, 0.1) is 16.6 Å². The Labute approximate surface area is 117 Å². The number of carbonyl (C=O) groups excluding carboxylic acids is 1. The average molecular weight is 285 g/mol. The van der Waals surface area contributed by atoms with Gasteiger partial charge in [0, 0.05) is 5.38 Å². The molecule has 1 aromatic rings. The highest BCUT2D eigenvalue weighted by atomic mass is 32.1. The summed E-state index contributed by atoms with van der Waals surface area (Å²) in [6.07, 6.45) is 0. The molecule has 0 aliphatic heterocycles. The molecule has 1 rings (SSSR count). The molecule has 0 radical (unpaired) electrons. The molecular formula is C12H19N3OS2. The molecule has 1 atom stereocenters. The summed E-state index contributed by atoms with van der Waals surface area (Å²) in [4.78, 5) is 16.6. The molecule has 100 valence electrons. The van der Waals surface area contributed by atoms with E-state index in [4.69, 9.17) is 18.0 Å². The van der Waals surface area contributed by atoms with Gasteiger partial charge in [-0.1, -0.05) is 39.9 Å². The summed E-state index contributed by atoms with van der Waals surface area (Å²) in [7, 11) is 0. The van der Waals surface area contributed by atoms with E-state index in [1.807, 2.05) is 19.2 Å². The van der Waals surface area contributed by atoms with Crippen LogP contribution < -0.4 is 11.1 Å². The molecule has 3 N–H and O–H groups in total. The Kier molecular flexibility index (Phi) is 5.22. The molecule has 0 bridgehead atoms. The second-order valence-corrected chi connectivity index (χ2v) is 6.18. The number of nitrogens with one attached hydrogen (secondary N) is 1. The van der Waals surface area contributed by atoms with Crippen LogP contribution in [0.15, 0.2) is 5.38 Å². The van der Waals surface area contributed by atoms with Crippen LogP contribution in [0.4, 0.5) is 5.13 Å². The maximum atomic E-state index is 12.1. The van der Waals surface area contributed by atoms with Crippen LogP contribution in [0.25, 0.3) is 0 Å². The predicted molar refractivity (Wildman–Crippen MR) is 79.9 cm³/mol. The van der Waals surface area contributed by atoms with Gasteiger partial charge in [0.2, 0.25) is 5.91 Å². The van der Waals surface area contributed by atoms with Gasteiger partial charge in [-0.15, -0.1) is 11.3 Å². The molecule has 0 saturated carbocycles. The Morgan fingerprint density at radius 2 is 2.06 bits per heavy atom. The maximum Gasteiger partial charge on any atom is 0.236 e. The fourth-order valence-corrected chi connectivity index (χ4v) is 2.81. The van der Waals surface area contributed by atoms with E-state index < -0.39 is 5.92 Å². The molecule has 1 heterocycles. The van der Waals surface area contributed by atoms with Gasteiger partial charge >= 0.3 is 0 Å². The van der Waals surface area contributed by atoms with Crippen LogP contribution in [0.2, 0.25) is 0 Å². The molecule has 1 unspecified atom stereocenters. The lowest BCUT2D eigenvalue weighted by Crippen LogP contribution is -2.36. The van der Waals surface area contributed by atoms with E-state index in [2.05, 4.69) is 24.1 Å². The highest BCUT2D eigenvalue weighted by Gasteiger charge is 2.25. The first-order chi connectivity index (χ1) is 8.32. The molecule has 0 aliphatic rings. The van der Waals surface area contributed by atoms with Crippen LogP contribution in [-0.2, 0) is 4.79 Å². The zero-order valence-corrected chi connectivity index (χ0v) is 12.7. The van der Waals surface area contributed by atoms with Crippen molar-refractivity contribution in [2.24, 2.45) is 17.6 Å². The second kappa shape index (κ2) is 6.24. The quantitative estimate of drug-likeness (QED) is 0.816. The first kappa shape index (κ1) is 15.0. The first-order valence-corrected chi connectivity index (χ1v) is 7.17. The number of thiocarbonyl (C=S) groups is 1. The van der Waals surface area contributed by atoms with Crippen LogP contribution >= 0.6 is 23.6 Å². The van der Waals surface area contributed by atoms with Gasteiger partial charge in [0.1, 0.15) is 0 Å². The molecule has 0 aromatic carbocycles. The Bertz CT molecular complexity index is 440. The van der Waals surface area contributed by atoms with Crippen molar-refractivity contribution in [3.05, 3.63) is 11.1 Å². The minimum Gasteiger partial charge on any atom is -0.393 e. The summed E-state index contributed by atoms with van der Waals surface area (Å²) in [5, 5.41) is 5.33. The van der Waals surface area contributed by atoms with E-state index in [-0.39, 0.29) is 16.8 Å². The highest BCUT2D eigenvalue weighted by Crippen LogP contribution is 2.22. The van der Waals surface area contributed by atoms with E-state index in [1.165, 1.54) is 11.3 Å². The van der Waals surface area contributed by atoms with Gasteiger partial charge in [-0.05, 0) is 11.8 Å². The molecule has 18 heavy (non-hydrogen) atoms. The number of nitrogens with two attached hydrogens (primary N) is 1. The lowest BCUT2D eigenvalue weighted by atomic mass is 9.95. The third-order valence-corrected chi connectivity index (χ3v) is 3.63. The smallest absolute Gasteiger partial charge is 0.236 e. The average Bonchev–Trinajstić information content (AvgIpc) is 2.64. The first-order valence-electron chi connectivity index (χ1n) is 5.88. The molecule has 1 aromatic heterocycles. The van der Waals surface area contributed by atoms with Gasteiger partial charge < -0.3 is 11.1 Å². The molecule has 0 aliphatic carbocycles. The van der Waals surface area contributed by atoms with Crippen LogP contribution in [0, 0.1) is 11.8 Å². The van der Waals surface area contributed by atoms with Gasteiger partial charge in [0.25, 0.3) is 0 Å². The summed E-state index contributed by atoms with van der Waals surface area (Å²) in [5.41, 5.74) is 6.58. The van der Waals surface area contributed by atoms with Crippen molar-refractivity contribution in [1.29, 1.82) is 0 Å². The van der Waals surface area contributed by atoms with E-state index in [0.717, 1.165) is 5.69 Å². The fourth-order valence-electron chi connectivity index (χ4n) is 1.55. The van der Waals surface area contributed by atoms with E-state index in [1.54, 1.807) is 0 Å². The summed E-state index contributed by atoms with van der Waals surface area (Å²) < 4.78 is 0. The van der Waals surface area contributed by atoms with Crippen molar-refractivity contribution in [2.45, 2.75) is 33.6 Å². The number of hydrogen-bond donors (Lipinski definition) is 2. The fraction of sp³-hybridized carbons (Fsp3) is 0.583. The maximum absolute atomic E-state index is 12.1. The number of rotatable bonds is 5. The minimum atomic E-state index is -0.452. The van der Waals surface area contributed by atoms with Crippen molar-refractivity contribution < 1.29 is 4.79 Å². The predicted octanol–water partition coefficient (Wildman–Crippen LogP) is 2.76. The lowest BCUT2D eigenvalue weighted by molar-refractivity contribution is -0.118. The van der Waals surface area contributed by atoms with Crippen LogP contribution in [0.1, 0.15) is 39.3 Å². The Hall–Kier alpha value is -1.01. The molecule has 4 nitrogen and oxygen atoms in total. The van der Waals surface area contributed by atoms with Gasteiger partial charge in [-0.25, -0.2) is 4.98 Å². The standard InChI is InChI=1S/C12H19N3OS2/c1-6(2)8-5-18-12(14-8)15-11(16)9(7(3)4)10(13)17/h5-7,9H,1-4H3,(H2,13,17)(H,14,15,16). The van der Waals surface area contributed by atoms with E-state index >= 15 is 0 Å². The molecule has 6 heteroatoms. The number of hydrogen-bond acceptors (Lipinski definition) is 4. The molecule has 0 spiro atoms. The number of nitrogens with zero attached hydrogens (tertiary/aromatic N) is 1.